The lowest BCUT2D eigenvalue weighted by atomic mass is 10.1. The van der Waals surface area contributed by atoms with Crippen LogP contribution in [0.1, 0.15) is 32.9 Å². The van der Waals surface area contributed by atoms with Gasteiger partial charge in [0.15, 0.2) is 0 Å². The number of pyridine rings is 1. The van der Waals surface area contributed by atoms with E-state index in [1.165, 1.54) is 0 Å². The van der Waals surface area contributed by atoms with Gasteiger partial charge in [0, 0.05) is 29.2 Å². The minimum absolute atomic E-state index is 0.125. The molecule has 0 aliphatic rings. The summed E-state index contributed by atoms with van der Waals surface area (Å²) in [5.41, 5.74) is 5.43. The Kier molecular flexibility index (Phi) is 6.31. The number of aromatic nitrogens is 3. The second-order valence-corrected chi connectivity index (χ2v) is 8.00. The molecule has 0 aliphatic carbocycles. The summed E-state index contributed by atoms with van der Waals surface area (Å²) in [6.45, 7) is 7.81. The number of hydrogen-bond acceptors (Lipinski definition) is 6. The quantitative estimate of drug-likeness (QED) is 0.350. The van der Waals surface area contributed by atoms with Gasteiger partial charge in [-0.05, 0) is 81.3 Å². The van der Waals surface area contributed by atoms with Crippen molar-refractivity contribution in [1.29, 1.82) is 0 Å². The summed E-state index contributed by atoms with van der Waals surface area (Å²) in [6, 6.07) is 19.0. The van der Waals surface area contributed by atoms with Gasteiger partial charge in [0.1, 0.15) is 23.3 Å². The van der Waals surface area contributed by atoms with Gasteiger partial charge in [-0.15, -0.1) is 0 Å². The Morgan fingerprint density at radius 1 is 0.697 bits per heavy atom. The minimum atomic E-state index is -0.125. The van der Waals surface area contributed by atoms with Gasteiger partial charge in [0.2, 0.25) is 0 Å². The lowest BCUT2D eigenvalue weighted by Gasteiger charge is -2.11. The van der Waals surface area contributed by atoms with E-state index in [0.717, 1.165) is 33.9 Å². The van der Waals surface area contributed by atoms with Crippen molar-refractivity contribution < 1.29 is 4.79 Å². The van der Waals surface area contributed by atoms with Crippen LogP contribution in [0.5, 0.6) is 0 Å². The SMILES string of the molecule is Cc1ccnc(Nc2cc(Nc3ccc(NC(=O)c4ccc(C)cc4C)cc3)nc(C)n2)c1. The van der Waals surface area contributed by atoms with Crippen molar-refractivity contribution >= 4 is 34.7 Å². The maximum absolute atomic E-state index is 12.6. The third kappa shape index (κ3) is 5.71. The molecule has 7 heteroatoms. The molecule has 0 bridgehead atoms. The second-order valence-electron chi connectivity index (χ2n) is 8.00. The average Bonchev–Trinajstić information content (AvgIpc) is 2.74. The summed E-state index contributed by atoms with van der Waals surface area (Å²) in [6.07, 6.45) is 1.76. The van der Waals surface area contributed by atoms with E-state index in [9.17, 15) is 4.79 Å². The number of nitrogens with zero attached hydrogens (tertiary/aromatic N) is 3. The number of benzene rings is 2. The topological polar surface area (TPSA) is 91.8 Å². The fourth-order valence-corrected chi connectivity index (χ4v) is 3.48. The number of nitrogens with one attached hydrogen (secondary N) is 3. The van der Waals surface area contributed by atoms with Crippen LogP contribution in [0.25, 0.3) is 0 Å². The first-order valence-electron chi connectivity index (χ1n) is 10.7. The zero-order valence-corrected chi connectivity index (χ0v) is 19.1. The largest absolute Gasteiger partial charge is 0.340 e. The van der Waals surface area contributed by atoms with Gasteiger partial charge in [0.25, 0.3) is 5.91 Å². The molecule has 0 fully saturated rings. The maximum atomic E-state index is 12.6. The molecule has 7 nitrogen and oxygen atoms in total. The third-order valence-electron chi connectivity index (χ3n) is 5.05. The van der Waals surface area contributed by atoms with E-state index in [-0.39, 0.29) is 5.91 Å². The molecule has 0 saturated heterocycles. The highest BCUT2D eigenvalue weighted by atomic mass is 16.1. The molecule has 0 saturated carbocycles. The highest BCUT2D eigenvalue weighted by Crippen LogP contribution is 2.22. The van der Waals surface area contributed by atoms with Crippen molar-refractivity contribution in [2.45, 2.75) is 27.7 Å². The van der Waals surface area contributed by atoms with Crippen LogP contribution in [0.2, 0.25) is 0 Å². The highest BCUT2D eigenvalue weighted by molar-refractivity contribution is 6.05. The Labute approximate surface area is 193 Å². The van der Waals surface area contributed by atoms with Crippen LogP contribution < -0.4 is 16.0 Å². The molecule has 0 unspecified atom stereocenters. The summed E-state index contributed by atoms with van der Waals surface area (Å²) in [5.74, 6) is 2.54. The molecule has 4 rings (SSSR count). The number of anilines is 5. The van der Waals surface area contributed by atoms with Gasteiger partial charge in [-0.3, -0.25) is 4.79 Å². The Morgan fingerprint density at radius 3 is 2.06 bits per heavy atom. The van der Waals surface area contributed by atoms with Crippen molar-refractivity contribution in [3.63, 3.8) is 0 Å². The molecule has 1 amide bonds. The molecular weight excluding hydrogens is 412 g/mol. The second kappa shape index (κ2) is 9.48. The summed E-state index contributed by atoms with van der Waals surface area (Å²) >= 11 is 0. The van der Waals surface area contributed by atoms with Gasteiger partial charge in [0.05, 0.1) is 0 Å². The van der Waals surface area contributed by atoms with Crippen molar-refractivity contribution in [2.75, 3.05) is 16.0 Å². The molecule has 3 N–H and O–H groups in total. The van der Waals surface area contributed by atoms with E-state index in [2.05, 4.69) is 30.9 Å². The zero-order valence-electron chi connectivity index (χ0n) is 19.1. The van der Waals surface area contributed by atoms with E-state index in [1.807, 2.05) is 88.4 Å². The molecule has 166 valence electrons. The van der Waals surface area contributed by atoms with Gasteiger partial charge in [-0.2, -0.15) is 0 Å². The lowest BCUT2D eigenvalue weighted by molar-refractivity contribution is 0.102. The van der Waals surface area contributed by atoms with E-state index < -0.39 is 0 Å². The smallest absolute Gasteiger partial charge is 0.255 e. The third-order valence-corrected chi connectivity index (χ3v) is 5.05. The number of rotatable bonds is 6. The summed E-state index contributed by atoms with van der Waals surface area (Å²) < 4.78 is 0. The monoisotopic (exact) mass is 438 g/mol. The maximum Gasteiger partial charge on any atom is 0.255 e. The Bertz CT molecular complexity index is 1300. The summed E-state index contributed by atoms with van der Waals surface area (Å²) in [5, 5.41) is 9.45. The van der Waals surface area contributed by atoms with Crippen LogP contribution in [0.4, 0.5) is 28.8 Å². The van der Waals surface area contributed by atoms with Crippen molar-refractivity contribution in [1.82, 2.24) is 15.0 Å². The number of amides is 1. The van der Waals surface area contributed by atoms with Crippen LogP contribution in [0, 0.1) is 27.7 Å². The fourth-order valence-electron chi connectivity index (χ4n) is 3.48. The Hall–Kier alpha value is -4.26. The molecule has 0 atom stereocenters. The van der Waals surface area contributed by atoms with E-state index in [4.69, 9.17) is 0 Å². The molecule has 2 heterocycles. The Morgan fingerprint density at radius 2 is 1.36 bits per heavy atom. The number of hydrogen-bond donors (Lipinski definition) is 3. The van der Waals surface area contributed by atoms with Crippen molar-refractivity contribution in [2.24, 2.45) is 0 Å². The van der Waals surface area contributed by atoms with Crippen molar-refractivity contribution in [3.05, 3.63) is 94.9 Å². The predicted molar refractivity (Wildman–Crippen MR) is 133 cm³/mol. The number of carbonyl (C=O) groups is 1. The van der Waals surface area contributed by atoms with Crippen LogP contribution >= 0.6 is 0 Å². The first-order valence-corrected chi connectivity index (χ1v) is 10.7. The number of aryl methyl sites for hydroxylation is 4. The van der Waals surface area contributed by atoms with Gasteiger partial charge >= 0.3 is 0 Å². The Balaban J connectivity index is 1.44. The number of carbonyl (C=O) groups excluding carboxylic acids is 1. The van der Waals surface area contributed by atoms with Crippen LogP contribution in [0.3, 0.4) is 0 Å². The van der Waals surface area contributed by atoms with Crippen molar-refractivity contribution in [3.8, 4) is 0 Å². The zero-order chi connectivity index (χ0) is 23.4. The molecule has 2 aromatic carbocycles. The van der Waals surface area contributed by atoms with Crippen LogP contribution in [0.15, 0.2) is 66.9 Å². The van der Waals surface area contributed by atoms with Gasteiger partial charge in [-0.1, -0.05) is 17.7 Å². The lowest BCUT2D eigenvalue weighted by Crippen LogP contribution is -2.13. The molecule has 33 heavy (non-hydrogen) atoms. The fraction of sp³-hybridized carbons (Fsp3) is 0.154. The minimum Gasteiger partial charge on any atom is -0.340 e. The molecular formula is C26H26N6O. The van der Waals surface area contributed by atoms with E-state index >= 15 is 0 Å². The predicted octanol–water partition coefficient (Wildman–Crippen LogP) is 5.84. The van der Waals surface area contributed by atoms with Crippen LogP contribution in [-0.4, -0.2) is 20.9 Å². The van der Waals surface area contributed by atoms with Gasteiger partial charge in [-0.25, -0.2) is 15.0 Å². The molecule has 0 radical (unpaired) electrons. The molecule has 2 aromatic heterocycles. The van der Waals surface area contributed by atoms with E-state index in [1.54, 1.807) is 6.20 Å². The first-order chi connectivity index (χ1) is 15.9. The summed E-state index contributed by atoms with van der Waals surface area (Å²) in [7, 11) is 0. The summed E-state index contributed by atoms with van der Waals surface area (Å²) in [4.78, 5) is 25.8. The van der Waals surface area contributed by atoms with E-state index in [0.29, 0.717) is 23.0 Å². The van der Waals surface area contributed by atoms with Gasteiger partial charge < -0.3 is 16.0 Å². The first kappa shape index (κ1) is 22.0. The normalized spacial score (nSPS) is 10.5. The molecule has 0 aliphatic heterocycles. The average molecular weight is 439 g/mol. The highest BCUT2D eigenvalue weighted by Gasteiger charge is 2.10. The standard InChI is InChI=1S/C26H26N6O/c1-16-5-10-22(18(3)13-16)26(33)31-21-8-6-20(7-9-21)30-24-15-25(29-19(4)28-24)32-23-14-17(2)11-12-27-23/h5-15H,1-4H3,(H,31,33)(H2,27,28,29,30,32). The molecule has 4 aromatic rings. The molecule has 0 spiro atoms. The van der Waals surface area contributed by atoms with Crippen LogP contribution in [-0.2, 0) is 0 Å².